The van der Waals surface area contributed by atoms with E-state index in [1.807, 2.05) is 48.7 Å². The number of nitrogens with two attached hydrogens (primary N) is 1. The SMILES string of the molecule is NC(=O)NCCCCC(=O)NC[C@H](c1ccccc1Cl)c1c[nH]c2ccccc12. The van der Waals surface area contributed by atoms with Gasteiger partial charge in [0.2, 0.25) is 5.91 Å². The number of aromatic amines is 1. The number of hydrogen-bond donors (Lipinski definition) is 4. The van der Waals surface area contributed by atoms with E-state index < -0.39 is 6.03 Å². The molecule has 3 amide bonds. The van der Waals surface area contributed by atoms with Gasteiger partial charge in [-0.05, 0) is 36.1 Å². The molecule has 7 heteroatoms. The molecule has 0 aliphatic rings. The Labute approximate surface area is 174 Å². The first-order valence-electron chi connectivity index (χ1n) is 9.66. The molecule has 1 heterocycles. The van der Waals surface area contributed by atoms with Crippen LogP contribution in [0.5, 0.6) is 0 Å². The quantitative estimate of drug-likeness (QED) is 0.400. The molecule has 3 rings (SSSR count). The van der Waals surface area contributed by atoms with Crippen molar-refractivity contribution in [1.82, 2.24) is 15.6 Å². The second kappa shape index (κ2) is 9.98. The summed E-state index contributed by atoms with van der Waals surface area (Å²) in [6.07, 6.45) is 3.76. The highest BCUT2D eigenvalue weighted by atomic mass is 35.5. The van der Waals surface area contributed by atoms with Gasteiger partial charge in [0.15, 0.2) is 0 Å². The number of urea groups is 1. The molecule has 0 bridgehead atoms. The largest absolute Gasteiger partial charge is 0.361 e. The van der Waals surface area contributed by atoms with Crippen molar-refractivity contribution < 1.29 is 9.59 Å². The number of H-pyrrole nitrogens is 1. The van der Waals surface area contributed by atoms with Gasteiger partial charge in [0.1, 0.15) is 0 Å². The maximum Gasteiger partial charge on any atom is 0.312 e. The van der Waals surface area contributed by atoms with Gasteiger partial charge in [-0.3, -0.25) is 4.79 Å². The lowest BCUT2D eigenvalue weighted by molar-refractivity contribution is -0.121. The Morgan fingerprint density at radius 3 is 2.55 bits per heavy atom. The van der Waals surface area contributed by atoms with Gasteiger partial charge in [-0.15, -0.1) is 0 Å². The number of benzene rings is 2. The molecule has 0 spiro atoms. The van der Waals surface area contributed by atoms with E-state index in [9.17, 15) is 9.59 Å². The Balaban J connectivity index is 1.69. The molecule has 3 aromatic rings. The summed E-state index contributed by atoms with van der Waals surface area (Å²) in [6.45, 7) is 0.921. The van der Waals surface area contributed by atoms with Crippen LogP contribution in [-0.4, -0.2) is 30.0 Å². The van der Waals surface area contributed by atoms with E-state index in [-0.39, 0.29) is 11.8 Å². The Kier molecular flexibility index (Phi) is 7.14. The highest BCUT2D eigenvalue weighted by Gasteiger charge is 2.21. The van der Waals surface area contributed by atoms with E-state index in [1.54, 1.807) is 0 Å². The molecule has 152 valence electrons. The van der Waals surface area contributed by atoms with Crippen molar-refractivity contribution in [3.63, 3.8) is 0 Å². The van der Waals surface area contributed by atoms with E-state index in [0.29, 0.717) is 37.4 Å². The smallest absolute Gasteiger partial charge is 0.312 e. The Bertz CT molecular complexity index is 986. The number of unbranched alkanes of at least 4 members (excludes halogenated alkanes) is 1. The molecule has 1 aromatic heterocycles. The Morgan fingerprint density at radius 2 is 1.76 bits per heavy atom. The van der Waals surface area contributed by atoms with Crippen molar-refractivity contribution >= 4 is 34.4 Å². The second-order valence-electron chi connectivity index (χ2n) is 6.92. The van der Waals surface area contributed by atoms with Crippen LogP contribution in [0.3, 0.4) is 0 Å². The van der Waals surface area contributed by atoms with Crippen molar-refractivity contribution in [2.45, 2.75) is 25.2 Å². The number of carbonyl (C=O) groups is 2. The lowest BCUT2D eigenvalue weighted by Gasteiger charge is -2.19. The molecular formula is C22H25ClN4O2. The van der Waals surface area contributed by atoms with Gasteiger partial charge >= 0.3 is 6.03 Å². The number of fused-ring (bicyclic) bond motifs is 1. The third-order valence-corrected chi connectivity index (χ3v) is 5.25. The normalized spacial score (nSPS) is 11.9. The predicted molar refractivity (Wildman–Crippen MR) is 116 cm³/mol. The standard InChI is InChI=1S/C22H25ClN4O2/c23-19-9-3-1-7-15(19)17(18-13-26-20-10-4-2-8-16(18)20)14-27-21(28)11-5-6-12-25-22(24)29/h1-4,7-10,13,17,26H,5-6,11-12,14H2,(H,27,28)(H3,24,25,29)/t17-/m1/s1. The number of amides is 3. The number of primary amides is 1. The Morgan fingerprint density at radius 1 is 1.00 bits per heavy atom. The fourth-order valence-electron chi connectivity index (χ4n) is 3.45. The topological polar surface area (TPSA) is 100 Å². The van der Waals surface area contributed by atoms with Crippen LogP contribution in [0.25, 0.3) is 10.9 Å². The number of hydrogen-bond acceptors (Lipinski definition) is 2. The highest BCUT2D eigenvalue weighted by Crippen LogP contribution is 2.34. The van der Waals surface area contributed by atoms with Gasteiger partial charge in [-0.2, -0.15) is 0 Å². The lowest BCUT2D eigenvalue weighted by atomic mass is 9.90. The molecule has 6 nitrogen and oxygen atoms in total. The molecule has 0 fully saturated rings. The summed E-state index contributed by atoms with van der Waals surface area (Å²) in [4.78, 5) is 26.3. The van der Waals surface area contributed by atoms with Crippen LogP contribution >= 0.6 is 11.6 Å². The first-order valence-corrected chi connectivity index (χ1v) is 10.0. The summed E-state index contributed by atoms with van der Waals surface area (Å²) >= 11 is 6.48. The molecule has 0 radical (unpaired) electrons. The first kappa shape index (κ1) is 20.7. The third-order valence-electron chi connectivity index (χ3n) is 4.91. The summed E-state index contributed by atoms with van der Waals surface area (Å²) in [5, 5.41) is 7.35. The third kappa shape index (κ3) is 5.51. The minimum Gasteiger partial charge on any atom is -0.361 e. The number of para-hydroxylation sites is 1. The zero-order chi connectivity index (χ0) is 20.6. The summed E-state index contributed by atoms with van der Waals surface area (Å²) < 4.78 is 0. The summed E-state index contributed by atoms with van der Waals surface area (Å²) in [7, 11) is 0. The van der Waals surface area contributed by atoms with Gasteiger partial charge in [-0.25, -0.2) is 4.79 Å². The van der Waals surface area contributed by atoms with Crippen LogP contribution in [0, 0.1) is 0 Å². The number of rotatable bonds is 9. The van der Waals surface area contributed by atoms with Gasteiger partial charge in [0.05, 0.1) is 0 Å². The van der Waals surface area contributed by atoms with E-state index >= 15 is 0 Å². The number of nitrogens with one attached hydrogen (secondary N) is 3. The number of halogens is 1. The Hall–Kier alpha value is -2.99. The maximum absolute atomic E-state index is 12.3. The zero-order valence-electron chi connectivity index (χ0n) is 16.1. The van der Waals surface area contributed by atoms with Crippen LogP contribution in [0.1, 0.15) is 36.3 Å². The molecule has 29 heavy (non-hydrogen) atoms. The van der Waals surface area contributed by atoms with Crippen LogP contribution in [0.15, 0.2) is 54.7 Å². The van der Waals surface area contributed by atoms with Gasteiger partial charge in [0, 0.05) is 47.6 Å². The summed E-state index contributed by atoms with van der Waals surface area (Å²) in [6, 6.07) is 15.3. The van der Waals surface area contributed by atoms with Crippen LogP contribution < -0.4 is 16.4 Å². The number of aromatic nitrogens is 1. The zero-order valence-corrected chi connectivity index (χ0v) is 16.8. The fourth-order valence-corrected chi connectivity index (χ4v) is 3.72. The van der Waals surface area contributed by atoms with Gasteiger partial charge in [0.25, 0.3) is 0 Å². The van der Waals surface area contributed by atoms with Crippen molar-refractivity contribution in [2.24, 2.45) is 5.73 Å². The van der Waals surface area contributed by atoms with Crippen LogP contribution in [0.2, 0.25) is 5.02 Å². The maximum atomic E-state index is 12.3. The fraction of sp³-hybridized carbons (Fsp3) is 0.273. The second-order valence-corrected chi connectivity index (χ2v) is 7.32. The van der Waals surface area contributed by atoms with Crippen LogP contribution in [-0.2, 0) is 4.79 Å². The van der Waals surface area contributed by atoms with E-state index in [1.165, 1.54) is 0 Å². The monoisotopic (exact) mass is 412 g/mol. The minimum atomic E-state index is -0.546. The van der Waals surface area contributed by atoms with Gasteiger partial charge in [-0.1, -0.05) is 48.0 Å². The number of carbonyl (C=O) groups excluding carboxylic acids is 2. The van der Waals surface area contributed by atoms with E-state index in [2.05, 4.69) is 21.7 Å². The molecule has 0 saturated heterocycles. The lowest BCUT2D eigenvalue weighted by Crippen LogP contribution is -2.31. The molecule has 0 aliphatic heterocycles. The minimum absolute atomic E-state index is 0.0269. The average molecular weight is 413 g/mol. The first-order chi connectivity index (χ1) is 14.1. The molecule has 1 atom stereocenters. The molecule has 5 N–H and O–H groups in total. The van der Waals surface area contributed by atoms with E-state index in [4.69, 9.17) is 17.3 Å². The highest BCUT2D eigenvalue weighted by molar-refractivity contribution is 6.31. The van der Waals surface area contributed by atoms with Gasteiger partial charge < -0.3 is 21.4 Å². The van der Waals surface area contributed by atoms with E-state index in [0.717, 1.165) is 22.0 Å². The predicted octanol–water partition coefficient (Wildman–Crippen LogP) is 3.91. The average Bonchev–Trinajstić information content (AvgIpc) is 3.13. The van der Waals surface area contributed by atoms with Crippen molar-refractivity contribution in [1.29, 1.82) is 0 Å². The van der Waals surface area contributed by atoms with Crippen molar-refractivity contribution in [2.75, 3.05) is 13.1 Å². The molecular weight excluding hydrogens is 388 g/mol. The van der Waals surface area contributed by atoms with Crippen molar-refractivity contribution in [3.8, 4) is 0 Å². The molecule has 0 aliphatic carbocycles. The molecule has 0 unspecified atom stereocenters. The van der Waals surface area contributed by atoms with Crippen LogP contribution in [0.4, 0.5) is 4.79 Å². The molecule has 0 saturated carbocycles. The summed E-state index contributed by atoms with van der Waals surface area (Å²) in [5.74, 6) is -0.0960. The van der Waals surface area contributed by atoms with Crippen molar-refractivity contribution in [3.05, 3.63) is 70.9 Å². The summed E-state index contributed by atoms with van der Waals surface area (Å²) in [5.41, 5.74) is 8.15. The molecule has 2 aromatic carbocycles.